The molecule has 8 nitrogen and oxygen atoms in total. The van der Waals surface area contributed by atoms with Crippen LogP contribution in [0.3, 0.4) is 0 Å². The van der Waals surface area contributed by atoms with E-state index in [0.29, 0.717) is 28.3 Å². The molecular weight excluding hydrogens is 598 g/mol. The number of thioether (sulfide) groups is 1. The SMILES string of the molecule is COc1cccc(/C=C(\NC(=O)c2ccccc2)C(=O)Nc2ccc(SC(C)C(=O)Nc3cccc4ccccc34)cc2)c1OC. The molecule has 0 fully saturated rings. The lowest BCUT2D eigenvalue weighted by atomic mass is 10.1. The van der Waals surface area contributed by atoms with E-state index in [9.17, 15) is 14.4 Å². The number of hydrogen-bond acceptors (Lipinski definition) is 6. The molecule has 0 spiro atoms. The van der Waals surface area contributed by atoms with Crippen LogP contribution in [0.15, 0.2) is 126 Å². The van der Waals surface area contributed by atoms with Gasteiger partial charge in [0.05, 0.1) is 19.5 Å². The molecule has 0 aliphatic rings. The van der Waals surface area contributed by atoms with Crippen LogP contribution in [0.2, 0.25) is 0 Å². The number of carbonyl (C=O) groups is 3. The molecule has 9 heteroatoms. The van der Waals surface area contributed by atoms with Gasteiger partial charge in [-0.25, -0.2) is 0 Å². The third-order valence-corrected chi connectivity index (χ3v) is 8.22. The van der Waals surface area contributed by atoms with Crippen molar-refractivity contribution in [3.63, 3.8) is 0 Å². The number of fused-ring (bicyclic) bond motifs is 1. The predicted molar refractivity (Wildman–Crippen MR) is 184 cm³/mol. The molecule has 5 aromatic carbocycles. The molecule has 0 radical (unpaired) electrons. The van der Waals surface area contributed by atoms with Crippen molar-refractivity contribution >= 4 is 57.7 Å². The second-order valence-corrected chi connectivity index (χ2v) is 11.6. The largest absolute Gasteiger partial charge is 0.493 e. The Bertz CT molecular complexity index is 1890. The highest BCUT2D eigenvalue weighted by Crippen LogP contribution is 2.32. The van der Waals surface area contributed by atoms with Crippen LogP contribution in [-0.2, 0) is 9.59 Å². The van der Waals surface area contributed by atoms with Crippen molar-refractivity contribution in [3.05, 3.63) is 132 Å². The van der Waals surface area contributed by atoms with Crippen LogP contribution in [0, 0.1) is 0 Å². The van der Waals surface area contributed by atoms with Crippen LogP contribution < -0.4 is 25.4 Å². The predicted octanol–water partition coefficient (Wildman–Crippen LogP) is 7.39. The smallest absolute Gasteiger partial charge is 0.272 e. The average Bonchev–Trinajstić information content (AvgIpc) is 3.09. The second-order valence-electron chi connectivity index (χ2n) is 10.2. The summed E-state index contributed by atoms with van der Waals surface area (Å²) in [6, 6.07) is 34.8. The number of hydrogen-bond donors (Lipinski definition) is 3. The van der Waals surface area contributed by atoms with E-state index in [1.807, 2.05) is 67.6 Å². The molecule has 5 rings (SSSR count). The monoisotopic (exact) mass is 631 g/mol. The minimum absolute atomic E-state index is 0.0117. The van der Waals surface area contributed by atoms with E-state index in [2.05, 4.69) is 16.0 Å². The number of rotatable bonds is 11. The molecule has 3 amide bonds. The van der Waals surface area contributed by atoms with E-state index in [1.54, 1.807) is 54.6 Å². The Hall–Kier alpha value is -5.54. The molecule has 46 heavy (non-hydrogen) atoms. The standard InChI is InChI=1S/C37H33N3O5S/c1-24(35(41)39-31-17-9-14-25-11-7-8-16-30(25)31)46-29-21-19-28(20-22-29)38-37(43)32(40-36(42)26-12-5-4-6-13-26)23-27-15-10-18-33(44-2)34(27)45-3/h4-24H,1-3H3,(H,38,43)(H,39,41)(H,40,42)/b32-23-. The van der Waals surface area contributed by atoms with Crippen molar-refractivity contribution in [1.29, 1.82) is 0 Å². The summed E-state index contributed by atoms with van der Waals surface area (Å²) in [6.45, 7) is 1.85. The molecule has 0 bridgehead atoms. The Kier molecular flexibility index (Phi) is 10.4. The summed E-state index contributed by atoms with van der Waals surface area (Å²) in [7, 11) is 3.03. The fourth-order valence-corrected chi connectivity index (χ4v) is 5.63. The normalized spacial score (nSPS) is 11.8. The third-order valence-electron chi connectivity index (χ3n) is 7.10. The Morgan fingerprint density at radius 1 is 0.739 bits per heavy atom. The Balaban J connectivity index is 1.29. The van der Waals surface area contributed by atoms with E-state index in [-0.39, 0.29) is 16.9 Å². The number of anilines is 2. The number of carbonyl (C=O) groups excluding carboxylic acids is 3. The summed E-state index contributed by atoms with van der Waals surface area (Å²) in [5.41, 5.74) is 2.24. The first kappa shape index (κ1) is 31.9. The molecule has 0 heterocycles. The van der Waals surface area contributed by atoms with Gasteiger partial charge in [-0.1, -0.05) is 66.7 Å². The van der Waals surface area contributed by atoms with Crippen LogP contribution in [0.4, 0.5) is 11.4 Å². The maximum Gasteiger partial charge on any atom is 0.272 e. The number of para-hydroxylation sites is 1. The van der Waals surface area contributed by atoms with Crippen molar-refractivity contribution in [2.45, 2.75) is 17.1 Å². The quantitative estimate of drug-likeness (QED) is 0.104. The maximum absolute atomic E-state index is 13.5. The minimum atomic E-state index is -0.530. The number of benzene rings is 5. The van der Waals surface area contributed by atoms with E-state index in [1.165, 1.54) is 32.1 Å². The summed E-state index contributed by atoms with van der Waals surface area (Å²) in [5, 5.41) is 10.3. The van der Waals surface area contributed by atoms with Gasteiger partial charge < -0.3 is 25.4 Å². The molecule has 0 aliphatic heterocycles. The van der Waals surface area contributed by atoms with E-state index < -0.39 is 11.8 Å². The summed E-state index contributed by atoms with van der Waals surface area (Å²) in [5.74, 6) is -0.179. The van der Waals surface area contributed by atoms with Gasteiger partial charge in [0, 0.05) is 32.8 Å². The van der Waals surface area contributed by atoms with Gasteiger partial charge in [-0.2, -0.15) is 0 Å². The fraction of sp³-hybridized carbons (Fsp3) is 0.108. The topological polar surface area (TPSA) is 106 Å². The van der Waals surface area contributed by atoms with Gasteiger partial charge in [0.1, 0.15) is 5.70 Å². The first-order chi connectivity index (χ1) is 22.4. The summed E-state index contributed by atoms with van der Waals surface area (Å²) >= 11 is 1.41. The molecule has 1 atom stereocenters. The third kappa shape index (κ3) is 7.75. The Labute approximate surface area is 271 Å². The lowest BCUT2D eigenvalue weighted by Crippen LogP contribution is -2.30. The summed E-state index contributed by atoms with van der Waals surface area (Å²) in [4.78, 5) is 40.5. The minimum Gasteiger partial charge on any atom is -0.493 e. The highest BCUT2D eigenvalue weighted by atomic mass is 32.2. The molecule has 232 valence electrons. The van der Waals surface area contributed by atoms with Crippen molar-refractivity contribution in [2.24, 2.45) is 0 Å². The molecule has 0 saturated heterocycles. The lowest BCUT2D eigenvalue weighted by Gasteiger charge is -2.15. The number of amides is 3. The summed E-state index contributed by atoms with van der Waals surface area (Å²) in [6.07, 6.45) is 1.54. The van der Waals surface area contributed by atoms with E-state index in [0.717, 1.165) is 21.4 Å². The Morgan fingerprint density at radius 3 is 2.17 bits per heavy atom. The molecule has 0 aliphatic carbocycles. The molecule has 1 unspecified atom stereocenters. The molecule has 0 aromatic heterocycles. The van der Waals surface area contributed by atoms with Crippen molar-refractivity contribution in [1.82, 2.24) is 5.32 Å². The maximum atomic E-state index is 13.5. The van der Waals surface area contributed by atoms with Gasteiger partial charge in [0.2, 0.25) is 5.91 Å². The van der Waals surface area contributed by atoms with Gasteiger partial charge in [0.15, 0.2) is 11.5 Å². The lowest BCUT2D eigenvalue weighted by molar-refractivity contribution is -0.115. The van der Waals surface area contributed by atoms with Gasteiger partial charge >= 0.3 is 0 Å². The number of nitrogens with one attached hydrogen (secondary N) is 3. The first-order valence-corrected chi connectivity index (χ1v) is 15.4. The van der Waals surface area contributed by atoms with Crippen molar-refractivity contribution in [3.8, 4) is 11.5 Å². The average molecular weight is 632 g/mol. The zero-order valence-electron chi connectivity index (χ0n) is 25.6. The van der Waals surface area contributed by atoms with Crippen molar-refractivity contribution in [2.75, 3.05) is 24.9 Å². The van der Waals surface area contributed by atoms with E-state index in [4.69, 9.17) is 9.47 Å². The Morgan fingerprint density at radius 2 is 1.43 bits per heavy atom. The highest BCUT2D eigenvalue weighted by molar-refractivity contribution is 8.00. The fourth-order valence-electron chi connectivity index (χ4n) is 4.77. The van der Waals surface area contributed by atoms with Crippen LogP contribution in [0.1, 0.15) is 22.8 Å². The van der Waals surface area contributed by atoms with Crippen LogP contribution in [0.5, 0.6) is 11.5 Å². The van der Waals surface area contributed by atoms with Gasteiger partial charge in [-0.05, 0) is 66.9 Å². The zero-order valence-corrected chi connectivity index (χ0v) is 26.4. The van der Waals surface area contributed by atoms with E-state index >= 15 is 0 Å². The number of ether oxygens (including phenoxy) is 2. The highest BCUT2D eigenvalue weighted by Gasteiger charge is 2.19. The summed E-state index contributed by atoms with van der Waals surface area (Å²) < 4.78 is 10.9. The molecule has 3 N–H and O–H groups in total. The molecule has 0 saturated carbocycles. The first-order valence-electron chi connectivity index (χ1n) is 14.5. The zero-order chi connectivity index (χ0) is 32.5. The second kappa shape index (κ2) is 15.0. The van der Waals surface area contributed by atoms with Crippen LogP contribution >= 0.6 is 11.8 Å². The van der Waals surface area contributed by atoms with Crippen molar-refractivity contribution < 1.29 is 23.9 Å². The van der Waals surface area contributed by atoms with Gasteiger partial charge in [-0.3, -0.25) is 14.4 Å². The van der Waals surface area contributed by atoms with Crippen LogP contribution in [-0.4, -0.2) is 37.2 Å². The van der Waals surface area contributed by atoms with Gasteiger partial charge in [0.25, 0.3) is 11.8 Å². The number of methoxy groups -OCH3 is 2. The van der Waals surface area contributed by atoms with Crippen LogP contribution in [0.25, 0.3) is 16.8 Å². The molecular formula is C37H33N3O5S. The molecule has 5 aromatic rings. The van der Waals surface area contributed by atoms with Gasteiger partial charge in [-0.15, -0.1) is 11.8 Å².